The number of benzene rings is 1. The highest BCUT2D eigenvalue weighted by atomic mass is 16.5. The SMILES string of the molecule is CCOc1cc(OCC)cc([C@H](O)C(=O)OC)c1. The average molecular weight is 254 g/mol. The maximum absolute atomic E-state index is 11.3. The van der Waals surface area contributed by atoms with E-state index in [1.165, 1.54) is 7.11 Å². The maximum atomic E-state index is 11.3. The van der Waals surface area contributed by atoms with Gasteiger partial charge in [0.15, 0.2) is 6.10 Å². The first-order chi connectivity index (χ1) is 8.62. The predicted molar refractivity (Wildman–Crippen MR) is 65.8 cm³/mol. The Kier molecular flexibility index (Phi) is 5.45. The molecule has 100 valence electrons. The Hall–Kier alpha value is -1.75. The molecule has 5 heteroatoms. The molecule has 0 spiro atoms. The molecule has 0 amide bonds. The van der Waals surface area contributed by atoms with Gasteiger partial charge in [-0.05, 0) is 31.5 Å². The molecule has 0 aliphatic heterocycles. The number of rotatable bonds is 6. The molecule has 1 aromatic carbocycles. The van der Waals surface area contributed by atoms with Crippen LogP contribution in [0.1, 0.15) is 25.5 Å². The fourth-order valence-corrected chi connectivity index (χ4v) is 1.50. The van der Waals surface area contributed by atoms with Crippen molar-refractivity contribution in [1.29, 1.82) is 0 Å². The molecule has 1 rings (SSSR count). The monoisotopic (exact) mass is 254 g/mol. The van der Waals surface area contributed by atoms with Crippen molar-refractivity contribution in [3.63, 3.8) is 0 Å². The Morgan fingerprint density at radius 3 is 2.06 bits per heavy atom. The van der Waals surface area contributed by atoms with E-state index in [0.29, 0.717) is 30.3 Å². The molecular formula is C13H18O5. The van der Waals surface area contributed by atoms with Gasteiger partial charge in [-0.3, -0.25) is 0 Å². The molecule has 1 atom stereocenters. The number of carbonyl (C=O) groups excluding carboxylic acids is 1. The van der Waals surface area contributed by atoms with Crippen LogP contribution in [0.5, 0.6) is 11.5 Å². The summed E-state index contributed by atoms with van der Waals surface area (Å²) in [4.78, 5) is 11.3. The van der Waals surface area contributed by atoms with Crippen LogP contribution in [-0.2, 0) is 9.53 Å². The average Bonchev–Trinajstić information content (AvgIpc) is 2.37. The van der Waals surface area contributed by atoms with Gasteiger partial charge < -0.3 is 19.3 Å². The highest BCUT2D eigenvalue weighted by Crippen LogP contribution is 2.27. The van der Waals surface area contributed by atoms with Gasteiger partial charge in [-0.2, -0.15) is 0 Å². The normalized spacial score (nSPS) is 11.8. The third-order valence-corrected chi connectivity index (χ3v) is 2.26. The number of aliphatic hydroxyl groups is 1. The summed E-state index contributed by atoms with van der Waals surface area (Å²) in [6, 6.07) is 4.89. The lowest BCUT2D eigenvalue weighted by Gasteiger charge is -2.13. The van der Waals surface area contributed by atoms with E-state index >= 15 is 0 Å². The number of hydrogen-bond acceptors (Lipinski definition) is 5. The Morgan fingerprint density at radius 2 is 1.67 bits per heavy atom. The lowest BCUT2D eigenvalue weighted by atomic mass is 10.1. The Morgan fingerprint density at radius 1 is 1.17 bits per heavy atom. The number of ether oxygens (including phenoxy) is 3. The molecule has 0 saturated carbocycles. The van der Waals surface area contributed by atoms with E-state index in [1.807, 2.05) is 13.8 Å². The van der Waals surface area contributed by atoms with E-state index in [4.69, 9.17) is 9.47 Å². The smallest absolute Gasteiger partial charge is 0.339 e. The van der Waals surface area contributed by atoms with Gasteiger partial charge in [0.25, 0.3) is 0 Å². The summed E-state index contributed by atoms with van der Waals surface area (Å²) in [5.74, 6) is 0.369. The molecule has 0 fully saturated rings. The molecule has 5 nitrogen and oxygen atoms in total. The van der Waals surface area contributed by atoms with E-state index in [2.05, 4.69) is 4.74 Å². The van der Waals surface area contributed by atoms with Crippen molar-refractivity contribution >= 4 is 5.97 Å². The van der Waals surface area contributed by atoms with Crippen molar-refractivity contribution in [3.05, 3.63) is 23.8 Å². The molecule has 0 radical (unpaired) electrons. The Bertz CT molecular complexity index is 378. The zero-order chi connectivity index (χ0) is 13.5. The van der Waals surface area contributed by atoms with Crippen molar-refractivity contribution in [2.45, 2.75) is 20.0 Å². The van der Waals surface area contributed by atoms with Crippen LogP contribution in [0, 0.1) is 0 Å². The molecule has 1 N–H and O–H groups in total. The highest BCUT2D eigenvalue weighted by molar-refractivity contribution is 5.76. The fraction of sp³-hybridized carbons (Fsp3) is 0.462. The van der Waals surface area contributed by atoms with Crippen molar-refractivity contribution in [2.24, 2.45) is 0 Å². The first kappa shape index (κ1) is 14.3. The quantitative estimate of drug-likeness (QED) is 0.782. The third kappa shape index (κ3) is 3.63. The number of carbonyl (C=O) groups is 1. The van der Waals surface area contributed by atoms with Gasteiger partial charge in [-0.25, -0.2) is 4.79 Å². The van der Waals surface area contributed by atoms with Gasteiger partial charge in [0.2, 0.25) is 0 Å². The van der Waals surface area contributed by atoms with Gasteiger partial charge in [-0.15, -0.1) is 0 Å². The highest BCUT2D eigenvalue weighted by Gasteiger charge is 2.19. The predicted octanol–water partition coefficient (Wildman–Crippen LogP) is 1.69. The molecule has 0 aliphatic rings. The van der Waals surface area contributed by atoms with E-state index in [1.54, 1.807) is 18.2 Å². The summed E-state index contributed by atoms with van der Waals surface area (Å²) >= 11 is 0. The minimum absolute atomic E-state index is 0.385. The molecule has 0 heterocycles. The molecule has 1 aromatic rings. The van der Waals surface area contributed by atoms with E-state index in [-0.39, 0.29) is 0 Å². The lowest BCUT2D eigenvalue weighted by Crippen LogP contribution is -2.13. The second-order valence-electron chi connectivity index (χ2n) is 3.53. The summed E-state index contributed by atoms with van der Waals surface area (Å²) in [5, 5.41) is 9.79. The summed E-state index contributed by atoms with van der Waals surface area (Å²) in [7, 11) is 1.22. The van der Waals surface area contributed by atoms with Crippen molar-refractivity contribution in [1.82, 2.24) is 0 Å². The van der Waals surface area contributed by atoms with Crippen LogP contribution in [-0.4, -0.2) is 31.4 Å². The zero-order valence-electron chi connectivity index (χ0n) is 10.8. The number of methoxy groups -OCH3 is 1. The minimum Gasteiger partial charge on any atom is -0.494 e. The Labute approximate surface area is 106 Å². The zero-order valence-corrected chi connectivity index (χ0v) is 10.8. The van der Waals surface area contributed by atoms with Gasteiger partial charge >= 0.3 is 5.97 Å². The summed E-state index contributed by atoms with van der Waals surface area (Å²) in [5.41, 5.74) is 0.385. The molecule has 0 aromatic heterocycles. The van der Waals surface area contributed by atoms with Gasteiger partial charge in [-0.1, -0.05) is 0 Å². The van der Waals surface area contributed by atoms with E-state index in [0.717, 1.165) is 0 Å². The van der Waals surface area contributed by atoms with Crippen LogP contribution in [0.3, 0.4) is 0 Å². The molecule has 0 unspecified atom stereocenters. The largest absolute Gasteiger partial charge is 0.494 e. The number of aliphatic hydroxyl groups excluding tert-OH is 1. The fourth-order valence-electron chi connectivity index (χ4n) is 1.50. The van der Waals surface area contributed by atoms with E-state index in [9.17, 15) is 9.90 Å². The second-order valence-corrected chi connectivity index (χ2v) is 3.53. The Balaban J connectivity index is 3.05. The van der Waals surface area contributed by atoms with Crippen LogP contribution < -0.4 is 9.47 Å². The first-order valence-electron chi connectivity index (χ1n) is 5.78. The second kappa shape index (κ2) is 6.86. The maximum Gasteiger partial charge on any atom is 0.339 e. The third-order valence-electron chi connectivity index (χ3n) is 2.26. The molecule has 0 bridgehead atoms. The summed E-state index contributed by atoms with van der Waals surface area (Å²) < 4.78 is 15.2. The van der Waals surface area contributed by atoms with Crippen LogP contribution >= 0.6 is 0 Å². The summed E-state index contributed by atoms with van der Waals surface area (Å²) in [6.07, 6.45) is -1.34. The lowest BCUT2D eigenvalue weighted by molar-refractivity contribution is -0.150. The van der Waals surface area contributed by atoms with Crippen molar-refractivity contribution in [3.8, 4) is 11.5 Å². The molecule has 18 heavy (non-hydrogen) atoms. The minimum atomic E-state index is -1.34. The van der Waals surface area contributed by atoms with Crippen LogP contribution in [0.2, 0.25) is 0 Å². The van der Waals surface area contributed by atoms with Gasteiger partial charge in [0, 0.05) is 6.07 Å². The van der Waals surface area contributed by atoms with Crippen LogP contribution in [0.15, 0.2) is 18.2 Å². The van der Waals surface area contributed by atoms with Gasteiger partial charge in [0.1, 0.15) is 11.5 Å². The molecule has 0 aliphatic carbocycles. The standard InChI is InChI=1S/C13H18O5/c1-4-17-10-6-9(12(14)13(15)16-3)7-11(8-10)18-5-2/h6-8,12,14H,4-5H2,1-3H3/t12-/m0/s1. The molecule has 0 saturated heterocycles. The number of esters is 1. The van der Waals surface area contributed by atoms with Crippen LogP contribution in [0.25, 0.3) is 0 Å². The van der Waals surface area contributed by atoms with E-state index < -0.39 is 12.1 Å². The summed E-state index contributed by atoms with van der Waals surface area (Å²) in [6.45, 7) is 4.68. The van der Waals surface area contributed by atoms with Crippen LogP contribution in [0.4, 0.5) is 0 Å². The topological polar surface area (TPSA) is 65.0 Å². The van der Waals surface area contributed by atoms with Crippen molar-refractivity contribution < 1.29 is 24.1 Å². The number of hydrogen-bond donors (Lipinski definition) is 1. The van der Waals surface area contributed by atoms with Crippen molar-refractivity contribution in [2.75, 3.05) is 20.3 Å². The molecular weight excluding hydrogens is 236 g/mol. The van der Waals surface area contributed by atoms with Gasteiger partial charge in [0.05, 0.1) is 20.3 Å². The first-order valence-corrected chi connectivity index (χ1v) is 5.78.